The molecular weight excluding hydrogens is 322 g/mol. The Hall–Kier alpha value is 0.00688. The van der Waals surface area contributed by atoms with E-state index in [4.69, 9.17) is 13.4 Å². The van der Waals surface area contributed by atoms with Gasteiger partial charge in [-0.05, 0) is 31.0 Å². The van der Waals surface area contributed by atoms with E-state index in [-0.39, 0.29) is 29.9 Å². The zero-order valence-electron chi connectivity index (χ0n) is 14.5. The molecule has 2 heterocycles. The topological polar surface area (TPSA) is 65.1 Å². The van der Waals surface area contributed by atoms with E-state index >= 15 is 0 Å². The lowest BCUT2D eigenvalue weighted by Gasteiger charge is -2.39. The first-order chi connectivity index (χ1) is 9.89. The molecule has 2 fully saturated rings. The normalized spacial score (nSPS) is 30.7. The maximum Gasteiger partial charge on any atom is 0.264 e. The monoisotopic (exact) mass is 351 g/mol. The largest absolute Gasteiger partial charge is 0.412 e. The maximum atomic E-state index is 11.1. The summed E-state index contributed by atoms with van der Waals surface area (Å²) in [6.07, 6.45) is 2.76. The summed E-state index contributed by atoms with van der Waals surface area (Å²) >= 11 is 0. The van der Waals surface area contributed by atoms with Gasteiger partial charge >= 0.3 is 0 Å². The van der Waals surface area contributed by atoms with Gasteiger partial charge in [0.2, 0.25) is 0 Å². The molecule has 0 aromatic carbocycles. The van der Waals surface area contributed by atoms with Crippen LogP contribution in [0.1, 0.15) is 33.6 Å². The highest BCUT2D eigenvalue weighted by atomic mass is 32.2. The van der Waals surface area contributed by atoms with E-state index in [1.165, 1.54) is 0 Å². The molecule has 0 aromatic heterocycles. The van der Waals surface area contributed by atoms with Gasteiger partial charge in [-0.15, -0.1) is 0 Å². The third-order valence-corrected chi connectivity index (χ3v) is 10.0. The summed E-state index contributed by atoms with van der Waals surface area (Å²) in [5.74, 6) is 0. The molecule has 0 aliphatic carbocycles. The second-order valence-corrected chi connectivity index (χ2v) is 14.3. The molecule has 2 saturated heterocycles. The van der Waals surface area contributed by atoms with Gasteiger partial charge < -0.3 is 4.43 Å². The van der Waals surface area contributed by atoms with Crippen LogP contribution < -0.4 is 0 Å². The van der Waals surface area contributed by atoms with E-state index in [0.29, 0.717) is 0 Å². The SMILES string of the molecule is CC(C)(C)[Si](C)(C)O[C@H]1CCN2O[C@@H](COS(C)(=O)=O)C[C@H]12. The molecule has 0 bridgehead atoms. The van der Waals surface area contributed by atoms with E-state index in [1.807, 2.05) is 5.06 Å². The standard InChI is InChI=1S/C14H29NO5SSi/c1-14(2,3)22(5,6)20-13-7-8-15-12(13)9-11(19-15)10-18-21(4,16)17/h11-13H,7-10H2,1-6H3/t11-,12-,13+/m1/s1. The minimum atomic E-state index is -3.42. The number of hydroxylamine groups is 2. The lowest BCUT2D eigenvalue weighted by molar-refractivity contribution is -0.157. The van der Waals surface area contributed by atoms with Crippen LogP contribution in [0.4, 0.5) is 0 Å². The molecule has 22 heavy (non-hydrogen) atoms. The van der Waals surface area contributed by atoms with Crippen molar-refractivity contribution in [1.82, 2.24) is 5.06 Å². The number of nitrogens with zero attached hydrogens (tertiary/aromatic N) is 1. The summed E-state index contributed by atoms with van der Waals surface area (Å²) in [5, 5.41) is 2.13. The average Bonchev–Trinajstić information content (AvgIpc) is 2.86. The van der Waals surface area contributed by atoms with E-state index in [2.05, 4.69) is 33.9 Å². The summed E-state index contributed by atoms with van der Waals surface area (Å²) in [7, 11) is -5.23. The summed E-state index contributed by atoms with van der Waals surface area (Å²) in [5.41, 5.74) is 0. The molecule has 2 aliphatic rings. The first-order valence-electron chi connectivity index (χ1n) is 7.85. The molecule has 0 radical (unpaired) electrons. The quantitative estimate of drug-likeness (QED) is 0.558. The van der Waals surface area contributed by atoms with Crippen LogP contribution in [0.5, 0.6) is 0 Å². The molecule has 6 nitrogen and oxygen atoms in total. The lowest BCUT2D eigenvalue weighted by atomic mass is 10.1. The average molecular weight is 352 g/mol. The van der Waals surface area contributed by atoms with Crippen LogP contribution in [-0.2, 0) is 23.6 Å². The van der Waals surface area contributed by atoms with Crippen molar-refractivity contribution >= 4 is 18.4 Å². The Bertz CT molecular complexity index is 502. The molecular formula is C14H29NO5SSi. The minimum Gasteiger partial charge on any atom is -0.412 e. The van der Waals surface area contributed by atoms with Crippen LogP contribution >= 0.6 is 0 Å². The van der Waals surface area contributed by atoms with Crippen molar-refractivity contribution in [3.8, 4) is 0 Å². The second-order valence-electron chi connectivity index (χ2n) is 7.87. The Labute approximate surface area is 135 Å². The molecule has 3 atom stereocenters. The molecule has 0 aromatic rings. The third kappa shape index (κ3) is 4.30. The fourth-order valence-corrected chi connectivity index (χ4v) is 4.48. The Morgan fingerprint density at radius 3 is 2.50 bits per heavy atom. The minimum absolute atomic E-state index is 0.0820. The summed E-state index contributed by atoms with van der Waals surface area (Å²) in [4.78, 5) is 5.79. The first kappa shape index (κ1) is 18.3. The molecule has 130 valence electrons. The highest BCUT2D eigenvalue weighted by Gasteiger charge is 2.48. The zero-order valence-corrected chi connectivity index (χ0v) is 16.3. The fraction of sp³-hybridized carbons (Fsp3) is 1.00. The summed E-state index contributed by atoms with van der Waals surface area (Å²) < 4.78 is 33.6. The molecule has 0 spiro atoms. The number of rotatable bonds is 5. The van der Waals surface area contributed by atoms with Crippen molar-refractivity contribution in [2.24, 2.45) is 0 Å². The first-order valence-corrected chi connectivity index (χ1v) is 12.6. The van der Waals surface area contributed by atoms with Gasteiger partial charge in [0.25, 0.3) is 10.1 Å². The lowest BCUT2D eigenvalue weighted by Crippen LogP contribution is -2.46. The summed E-state index contributed by atoms with van der Waals surface area (Å²) in [6.45, 7) is 12.1. The van der Waals surface area contributed by atoms with Crippen molar-refractivity contribution < 1.29 is 21.9 Å². The van der Waals surface area contributed by atoms with Gasteiger partial charge in [-0.25, -0.2) is 0 Å². The van der Waals surface area contributed by atoms with Crippen molar-refractivity contribution in [2.45, 2.75) is 70.0 Å². The molecule has 0 unspecified atom stereocenters. The highest BCUT2D eigenvalue weighted by Crippen LogP contribution is 2.41. The Balaban J connectivity index is 1.93. The number of hydrogen-bond acceptors (Lipinski definition) is 6. The molecule has 0 saturated carbocycles. The number of hydrogen-bond donors (Lipinski definition) is 0. The van der Waals surface area contributed by atoms with Gasteiger partial charge in [0.15, 0.2) is 8.32 Å². The van der Waals surface area contributed by atoms with E-state index in [0.717, 1.165) is 25.6 Å². The molecule has 0 N–H and O–H groups in total. The Kier molecular flexibility index (Phi) is 5.12. The van der Waals surface area contributed by atoms with Gasteiger partial charge in [-0.1, -0.05) is 20.8 Å². The van der Waals surface area contributed by atoms with Crippen LogP contribution in [0, 0.1) is 0 Å². The van der Waals surface area contributed by atoms with Gasteiger partial charge in [0.1, 0.15) is 6.10 Å². The maximum absolute atomic E-state index is 11.1. The molecule has 2 aliphatic heterocycles. The van der Waals surface area contributed by atoms with Crippen LogP contribution in [0.25, 0.3) is 0 Å². The van der Waals surface area contributed by atoms with E-state index < -0.39 is 18.4 Å². The smallest absolute Gasteiger partial charge is 0.264 e. The second kappa shape index (κ2) is 6.14. The molecule has 0 amide bonds. The van der Waals surface area contributed by atoms with Crippen molar-refractivity contribution in [3.63, 3.8) is 0 Å². The molecule has 2 rings (SSSR count). The van der Waals surface area contributed by atoms with Crippen LogP contribution in [-0.4, -0.2) is 59.5 Å². The fourth-order valence-electron chi connectivity index (χ4n) is 2.69. The van der Waals surface area contributed by atoms with E-state index in [9.17, 15) is 8.42 Å². The summed E-state index contributed by atoms with van der Waals surface area (Å²) in [6, 6.07) is 0.210. The number of fused-ring (bicyclic) bond motifs is 1. The van der Waals surface area contributed by atoms with E-state index in [1.54, 1.807) is 0 Å². The Morgan fingerprint density at radius 1 is 1.32 bits per heavy atom. The predicted octanol–water partition coefficient (Wildman–Crippen LogP) is 2.13. The van der Waals surface area contributed by atoms with Crippen LogP contribution in [0.3, 0.4) is 0 Å². The zero-order chi connectivity index (χ0) is 16.8. The van der Waals surface area contributed by atoms with Gasteiger partial charge in [-0.2, -0.15) is 13.5 Å². The predicted molar refractivity (Wildman–Crippen MR) is 87.5 cm³/mol. The van der Waals surface area contributed by atoms with Gasteiger partial charge in [0.05, 0.1) is 25.0 Å². The third-order valence-electron chi connectivity index (χ3n) is 4.94. The molecule has 8 heteroatoms. The van der Waals surface area contributed by atoms with Crippen molar-refractivity contribution in [2.75, 3.05) is 19.4 Å². The Morgan fingerprint density at radius 2 is 1.95 bits per heavy atom. The van der Waals surface area contributed by atoms with Crippen LogP contribution in [0.2, 0.25) is 18.1 Å². The van der Waals surface area contributed by atoms with Crippen molar-refractivity contribution in [1.29, 1.82) is 0 Å². The van der Waals surface area contributed by atoms with Gasteiger partial charge in [0, 0.05) is 6.54 Å². The van der Waals surface area contributed by atoms with Crippen LogP contribution in [0.15, 0.2) is 0 Å². The highest BCUT2D eigenvalue weighted by molar-refractivity contribution is 7.85. The van der Waals surface area contributed by atoms with Crippen molar-refractivity contribution in [3.05, 3.63) is 0 Å². The van der Waals surface area contributed by atoms with Gasteiger partial charge in [-0.3, -0.25) is 9.02 Å².